The summed E-state index contributed by atoms with van der Waals surface area (Å²) >= 11 is 3.45. The fourth-order valence-electron chi connectivity index (χ4n) is 2.66. The van der Waals surface area contributed by atoms with E-state index in [0.717, 1.165) is 30.2 Å². The number of carbonyl (C=O) groups excluding carboxylic acids is 1. The van der Waals surface area contributed by atoms with Crippen LogP contribution in [0.5, 0.6) is 0 Å². The quantitative estimate of drug-likeness (QED) is 0.779. The molecule has 1 aromatic carbocycles. The second-order valence-corrected chi connectivity index (χ2v) is 5.77. The maximum Gasteiger partial charge on any atom is 0.308 e. The van der Waals surface area contributed by atoms with Crippen molar-refractivity contribution in [2.45, 2.75) is 38.5 Å². The Balaban J connectivity index is 1.90. The van der Waals surface area contributed by atoms with E-state index in [1.165, 1.54) is 5.56 Å². The molecule has 0 bridgehead atoms. The van der Waals surface area contributed by atoms with Gasteiger partial charge in [-0.3, -0.25) is 4.79 Å². The molecule has 0 spiro atoms. The van der Waals surface area contributed by atoms with E-state index >= 15 is 0 Å². The Bertz CT molecular complexity index is 391. The Morgan fingerprint density at radius 3 is 2.39 bits per heavy atom. The van der Waals surface area contributed by atoms with Crippen LogP contribution in [0.2, 0.25) is 0 Å². The van der Waals surface area contributed by atoms with Crippen molar-refractivity contribution in [1.82, 2.24) is 0 Å². The van der Waals surface area contributed by atoms with E-state index in [1.807, 2.05) is 6.92 Å². The molecule has 0 amide bonds. The van der Waals surface area contributed by atoms with Crippen LogP contribution < -0.4 is 0 Å². The molecule has 0 unspecified atom stereocenters. The highest BCUT2D eigenvalue weighted by molar-refractivity contribution is 9.10. The van der Waals surface area contributed by atoms with Gasteiger partial charge in [0.2, 0.25) is 0 Å². The van der Waals surface area contributed by atoms with Crippen molar-refractivity contribution >= 4 is 21.9 Å². The van der Waals surface area contributed by atoms with Crippen LogP contribution in [0.4, 0.5) is 0 Å². The highest BCUT2D eigenvalue weighted by atomic mass is 79.9. The van der Waals surface area contributed by atoms with E-state index in [9.17, 15) is 4.79 Å². The predicted octanol–water partition coefficient (Wildman–Crippen LogP) is 4.29. The van der Waals surface area contributed by atoms with Gasteiger partial charge in [-0.2, -0.15) is 0 Å². The van der Waals surface area contributed by atoms with Crippen LogP contribution in [-0.4, -0.2) is 12.6 Å². The molecule has 1 fully saturated rings. The number of hydrogen-bond acceptors (Lipinski definition) is 2. The van der Waals surface area contributed by atoms with Crippen LogP contribution >= 0.6 is 15.9 Å². The summed E-state index contributed by atoms with van der Waals surface area (Å²) in [5, 5.41) is 0. The van der Waals surface area contributed by atoms with E-state index in [-0.39, 0.29) is 11.9 Å². The SMILES string of the molecule is CCOC(=O)C1CCC(c2ccc(Br)cc2)CC1. The lowest BCUT2D eigenvalue weighted by molar-refractivity contribution is -0.149. The van der Waals surface area contributed by atoms with Crippen LogP contribution in [0.25, 0.3) is 0 Å². The third kappa shape index (κ3) is 3.35. The first-order chi connectivity index (χ1) is 8.70. The van der Waals surface area contributed by atoms with Crippen LogP contribution in [0.3, 0.4) is 0 Å². The minimum absolute atomic E-state index is 0.00763. The zero-order chi connectivity index (χ0) is 13.0. The van der Waals surface area contributed by atoms with Crippen LogP contribution in [-0.2, 0) is 9.53 Å². The van der Waals surface area contributed by atoms with Gasteiger partial charge in [0.15, 0.2) is 0 Å². The summed E-state index contributed by atoms with van der Waals surface area (Å²) in [6.45, 7) is 2.36. The molecule has 0 heterocycles. The summed E-state index contributed by atoms with van der Waals surface area (Å²) in [5.74, 6) is 0.715. The van der Waals surface area contributed by atoms with E-state index in [0.29, 0.717) is 12.5 Å². The molecular formula is C15H19BrO2. The zero-order valence-electron chi connectivity index (χ0n) is 10.7. The highest BCUT2D eigenvalue weighted by Gasteiger charge is 2.27. The Kier molecular flexibility index (Phi) is 4.81. The van der Waals surface area contributed by atoms with Crippen molar-refractivity contribution in [3.05, 3.63) is 34.3 Å². The Hall–Kier alpha value is -0.830. The molecule has 2 nitrogen and oxygen atoms in total. The van der Waals surface area contributed by atoms with Gasteiger partial charge in [0.05, 0.1) is 12.5 Å². The first-order valence-corrected chi connectivity index (χ1v) is 7.42. The van der Waals surface area contributed by atoms with E-state index < -0.39 is 0 Å². The van der Waals surface area contributed by atoms with Crippen molar-refractivity contribution < 1.29 is 9.53 Å². The molecule has 98 valence electrons. The number of rotatable bonds is 3. The first-order valence-electron chi connectivity index (χ1n) is 6.62. The molecule has 18 heavy (non-hydrogen) atoms. The third-order valence-corrected chi connectivity index (χ3v) is 4.22. The average molecular weight is 311 g/mol. The van der Waals surface area contributed by atoms with Crippen molar-refractivity contribution in [2.75, 3.05) is 6.61 Å². The van der Waals surface area contributed by atoms with Gasteiger partial charge in [-0.1, -0.05) is 28.1 Å². The normalized spacial score (nSPS) is 23.7. The smallest absolute Gasteiger partial charge is 0.308 e. The summed E-state index contributed by atoms with van der Waals surface area (Å²) in [7, 11) is 0. The van der Waals surface area contributed by atoms with Crippen LogP contribution in [0, 0.1) is 5.92 Å². The number of benzene rings is 1. The molecule has 0 saturated heterocycles. The molecular weight excluding hydrogens is 292 g/mol. The number of ether oxygens (including phenoxy) is 1. The molecule has 1 aromatic rings. The van der Waals surface area contributed by atoms with Crippen LogP contribution in [0.15, 0.2) is 28.7 Å². The number of esters is 1. The van der Waals surface area contributed by atoms with Gasteiger partial charge in [0.1, 0.15) is 0 Å². The summed E-state index contributed by atoms with van der Waals surface area (Å²) in [6.07, 6.45) is 4.09. The maximum atomic E-state index is 11.7. The Morgan fingerprint density at radius 1 is 1.22 bits per heavy atom. The van der Waals surface area contributed by atoms with Gasteiger partial charge in [-0.05, 0) is 56.2 Å². The molecule has 2 rings (SSSR count). The molecule has 1 aliphatic carbocycles. The molecule has 0 aliphatic heterocycles. The van der Waals surface area contributed by atoms with Gasteiger partial charge in [-0.25, -0.2) is 0 Å². The number of hydrogen-bond donors (Lipinski definition) is 0. The fraction of sp³-hybridized carbons (Fsp3) is 0.533. The third-order valence-electron chi connectivity index (χ3n) is 3.69. The Morgan fingerprint density at radius 2 is 1.83 bits per heavy atom. The van der Waals surface area contributed by atoms with Gasteiger partial charge in [0.25, 0.3) is 0 Å². The standard InChI is InChI=1S/C15H19BrO2/c1-2-18-15(17)13-5-3-11(4-6-13)12-7-9-14(16)10-8-12/h7-11,13H,2-6H2,1H3. The molecule has 0 N–H and O–H groups in total. The van der Waals surface area contributed by atoms with E-state index in [4.69, 9.17) is 4.74 Å². The van der Waals surface area contributed by atoms with Crippen molar-refractivity contribution in [3.63, 3.8) is 0 Å². The van der Waals surface area contributed by atoms with Gasteiger partial charge < -0.3 is 4.74 Å². The van der Waals surface area contributed by atoms with Crippen molar-refractivity contribution in [3.8, 4) is 0 Å². The summed E-state index contributed by atoms with van der Waals surface area (Å²) in [4.78, 5) is 11.7. The topological polar surface area (TPSA) is 26.3 Å². The lowest BCUT2D eigenvalue weighted by atomic mass is 9.79. The van der Waals surface area contributed by atoms with E-state index in [2.05, 4.69) is 40.2 Å². The summed E-state index contributed by atoms with van der Waals surface area (Å²) < 4.78 is 6.21. The minimum Gasteiger partial charge on any atom is -0.466 e. The largest absolute Gasteiger partial charge is 0.466 e. The zero-order valence-corrected chi connectivity index (χ0v) is 12.3. The Labute approximate surface area is 117 Å². The van der Waals surface area contributed by atoms with Crippen molar-refractivity contribution in [2.24, 2.45) is 5.92 Å². The van der Waals surface area contributed by atoms with Gasteiger partial charge in [0, 0.05) is 4.47 Å². The molecule has 3 heteroatoms. The molecule has 0 atom stereocenters. The summed E-state index contributed by atoms with van der Waals surface area (Å²) in [5.41, 5.74) is 1.39. The second kappa shape index (κ2) is 6.37. The van der Waals surface area contributed by atoms with E-state index in [1.54, 1.807) is 0 Å². The minimum atomic E-state index is -0.00763. The molecule has 0 aromatic heterocycles. The number of carbonyl (C=O) groups is 1. The lowest BCUT2D eigenvalue weighted by Gasteiger charge is -2.27. The van der Waals surface area contributed by atoms with Gasteiger partial charge >= 0.3 is 5.97 Å². The summed E-state index contributed by atoms with van der Waals surface area (Å²) in [6, 6.07) is 8.54. The van der Waals surface area contributed by atoms with Gasteiger partial charge in [-0.15, -0.1) is 0 Å². The molecule has 0 radical (unpaired) electrons. The molecule has 1 aliphatic rings. The lowest BCUT2D eigenvalue weighted by Crippen LogP contribution is -2.23. The monoisotopic (exact) mass is 310 g/mol. The first kappa shape index (κ1) is 13.6. The average Bonchev–Trinajstić information content (AvgIpc) is 2.40. The fourth-order valence-corrected chi connectivity index (χ4v) is 2.92. The van der Waals surface area contributed by atoms with Crippen molar-refractivity contribution in [1.29, 1.82) is 0 Å². The highest BCUT2D eigenvalue weighted by Crippen LogP contribution is 2.36. The molecule has 1 saturated carbocycles. The van der Waals surface area contributed by atoms with Crippen LogP contribution in [0.1, 0.15) is 44.1 Å². The predicted molar refractivity (Wildman–Crippen MR) is 75.5 cm³/mol. The second-order valence-electron chi connectivity index (χ2n) is 4.85. The maximum absolute atomic E-state index is 11.7. The number of halogens is 1.